The summed E-state index contributed by atoms with van der Waals surface area (Å²) >= 11 is 0. The standard InChI is InChI=1S/C12H15F2NO3/c1-7(3-4-17-2)18-12(16)8-5-10(14)11(15)6-9(8)13/h5-7H,3-4,15H2,1-2H3. The number of ether oxygens (including phenoxy) is 2. The van der Waals surface area contributed by atoms with Crippen LogP contribution in [0, 0.1) is 11.6 Å². The van der Waals surface area contributed by atoms with Crippen LogP contribution in [0.3, 0.4) is 0 Å². The van der Waals surface area contributed by atoms with E-state index in [1.54, 1.807) is 6.92 Å². The molecule has 0 amide bonds. The molecule has 1 atom stereocenters. The molecule has 6 heteroatoms. The van der Waals surface area contributed by atoms with Crippen molar-refractivity contribution in [1.82, 2.24) is 0 Å². The smallest absolute Gasteiger partial charge is 0.341 e. The Hall–Kier alpha value is -1.69. The Bertz CT molecular complexity index is 438. The zero-order chi connectivity index (χ0) is 13.7. The summed E-state index contributed by atoms with van der Waals surface area (Å²) < 4.78 is 36.3. The molecule has 1 unspecified atom stereocenters. The minimum absolute atomic E-state index is 0.350. The van der Waals surface area contributed by atoms with Gasteiger partial charge in [0.15, 0.2) is 0 Å². The van der Waals surface area contributed by atoms with Crippen LogP contribution in [-0.2, 0) is 9.47 Å². The van der Waals surface area contributed by atoms with Gasteiger partial charge in [0, 0.05) is 26.2 Å². The number of anilines is 1. The summed E-state index contributed by atoms with van der Waals surface area (Å²) in [5.41, 5.74) is 4.36. The van der Waals surface area contributed by atoms with Crippen LogP contribution in [0.4, 0.5) is 14.5 Å². The van der Waals surface area contributed by atoms with Crippen molar-refractivity contribution in [2.24, 2.45) is 0 Å². The Labute approximate surface area is 104 Å². The molecule has 0 radical (unpaired) electrons. The number of methoxy groups -OCH3 is 1. The van der Waals surface area contributed by atoms with E-state index in [2.05, 4.69) is 0 Å². The minimum atomic E-state index is -0.921. The lowest BCUT2D eigenvalue weighted by Crippen LogP contribution is -2.18. The van der Waals surface area contributed by atoms with Gasteiger partial charge in [0.1, 0.15) is 17.7 Å². The number of carbonyl (C=O) groups excluding carboxylic acids is 1. The van der Waals surface area contributed by atoms with Gasteiger partial charge >= 0.3 is 5.97 Å². The number of carbonyl (C=O) groups is 1. The molecule has 0 aliphatic rings. The van der Waals surface area contributed by atoms with Crippen molar-refractivity contribution in [3.63, 3.8) is 0 Å². The first kappa shape index (κ1) is 14.4. The van der Waals surface area contributed by atoms with E-state index in [1.165, 1.54) is 7.11 Å². The van der Waals surface area contributed by atoms with Crippen molar-refractivity contribution in [3.8, 4) is 0 Å². The molecule has 0 heterocycles. The Morgan fingerprint density at radius 3 is 2.67 bits per heavy atom. The van der Waals surface area contributed by atoms with Gasteiger partial charge in [-0.25, -0.2) is 13.6 Å². The topological polar surface area (TPSA) is 61.5 Å². The molecule has 0 aliphatic heterocycles. The summed E-state index contributed by atoms with van der Waals surface area (Å²) in [6.45, 7) is 2.05. The predicted molar refractivity (Wildman–Crippen MR) is 62.1 cm³/mol. The van der Waals surface area contributed by atoms with E-state index in [4.69, 9.17) is 15.2 Å². The lowest BCUT2D eigenvalue weighted by Gasteiger charge is -2.13. The Morgan fingerprint density at radius 1 is 1.39 bits per heavy atom. The normalized spacial score (nSPS) is 12.2. The average Bonchev–Trinajstić information content (AvgIpc) is 2.31. The Kier molecular flexibility index (Phi) is 5.03. The van der Waals surface area contributed by atoms with Crippen LogP contribution in [0.5, 0.6) is 0 Å². The molecule has 0 saturated carbocycles. The second-order valence-corrected chi connectivity index (χ2v) is 3.85. The molecule has 0 fully saturated rings. The predicted octanol–water partition coefficient (Wildman–Crippen LogP) is 2.13. The summed E-state index contributed by atoms with van der Waals surface area (Å²) in [7, 11) is 1.52. The van der Waals surface area contributed by atoms with Crippen molar-refractivity contribution in [1.29, 1.82) is 0 Å². The number of hydrogen-bond donors (Lipinski definition) is 1. The van der Waals surface area contributed by atoms with Gasteiger partial charge in [-0.15, -0.1) is 0 Å². The molecule has 2 N–H and O–H groups in total. The van der Waals surface area contributed by atoms with E-state index in [0.717, 1.165) is 12.1 Å². The highest BCUT2D eigenvalue weighted by atomic mass is 19.1. The van der Waals surface area contributed by atoms with Gasteiger partial charge in [0.25, 0.3) is 0 Å². The zero-order valence-electron chi connectivity index (χ0n) is 10.2. The van der Waals surface area contributed by atoms with Gasteiger partial charge in [-0.3, -0.25) is 0 Å². The SMILES string of the molecule is COCCC(C)OC(=O)c1cc(F)c(N)cc1F. The third-order valence-corrected chi connectivity index (χ3v) is 2.34. The van der Waals surface area contributed by atoms with Crippen LogP contribution in [-0.4, -0.2) is 25.8 Å². The maximum Gasteiger partial charge on any atom is 0.341 e. The van der Waals surface area contributed by atoms with Gasteiger partial charge in [-0.2, -0.15) is 0 Å². The van der Waals surface area contributed by atoms with E-state index in [-0.39, 0.29) is 5.69 Å². The number of rotatable bonds is 5. The molecule has 100 valence electrons. The van der Waals surface area contributed by atoms with Crippen LogP contribution in [0.15, 0.2) is 12.1 Å². The van der Waals surface area contributed by atoms with Crippen LogP contribution < -0.4 is 5.73 Å². The van der Waals surface area contributed by atoms with Crippen LogP contribution in [0.2, 0.25) is 0 Å². The van der Waals surface area contributed by atoms with Crippen LogP contribution >= 0.6 is 0 Å². The number of nitrogen functional groups attached to an aromatic ring is 1. The quantitative estimate of drug-likeness (QED) is 0.650. The van der Waals surface area contributed by atoms with Crippen LogP contribution in [0.1, 0.15) is 23.7 Å². The molecule has 1 aromatic rings. The monoisotopic (exact) mass is 259 g/mol. The summed E-state index contributed by atoms with van der Waals surface area (Å²) in [5, 5.41) is 0. The Morgan fingerprint density at radius 2 is 2.06 bits per heavy atom. The van der Waals surface area contributed by atoms with Gasteiger partial charge in [-0.1, -0.05) is 0 Å². The first-order chi connectivity index (χ1) is 8.45. The summed E-state index contributed by atoms with van der Waals surface area (Å²) in [6.07, 6.45) is 0.0267. The first-order valence-corrected chi connectivity index (χ1v) is 5.40. The van der Waals surface area contributed by atoms with E-state index < -0.39 is 29.3 Å². The van der Waals surface area contributed by atoms with Gasteiger partial charge < -0.3 is 15.2 Å². The van der Waals surface area contributed by atoms with Crippen molar-refractivity contribution < 1.29 is 23.0 Å². The minimum Gasteiger partial charge on any atom is -0.459 e. The highest BCUT2D eigenvalue weighted by Gasteiger charge is 2.18. The summed E-state index contributed by atoms with van der Waals surface area (Å²) in [4.78, 5) is 11.6. The highest BCUT2D eigenvalue weighted by Crippen LogP contribution is 2.18. The van der Waals surface area contributed by atoms with E-state index in [1.807, 2.05) is 0 Å². The van der Waals surface area contributed by atoms with E-state index in [0.29, 0.717) is 13.0 Å². The number of hydrogen-bond acceptors (Lipinski definition) is 4. The molecule has 1 aromatic carbocycles. The summed E-state index contributed by atoms with van der Waals surface area (Å²) in [6, 6.07) is 1.49. The Balaban J connectivity index is 2.75. The average molecular weight is 259 g/mol. The molecule has 0 bridgehead atoms. The number of esters is 1. The zero-order valence-corrected chi connectivity index (χ0v) is 10.2. The summed E-state index contributed by atoms with van der Waals surface area (Å²) in [5.74, 6) is -2.68. The molecule has 1 rings (SSSR count). The van der Waals surface area contributed by atoms with Crippen molar-refractivity contribution in [2.75, 3.05) is 19.5 Å². The van der Waals surface area contributed by atoms with Crippen molar-refractivity contribution >= 4 is 11.7 Å². The number of nitrogens with two attached hydrogens (primary N) is 1. The second kappa shape index (κ2) is 6.30. The molecule has 0 saturated heterocycles. The lowest BCUT2D eigenvalue weighted by molar-refractivity contribution is 0.0261. The van der Waals surface area contributed by atoms with Crippen LogP contribution in [0.25, 0.3) is 0 Å². The van der Waals surface area contributed by atoms with Gasteiger partial charge in [0.2, 0.25) is 0 Å². The molecule has 0 aromatic heterocycles. The largest absolute Gasteiger partial charge is 0.459 e. The molecule has 4 nitrogen and oxygen atoms in total. The van der Waals surface area contributed by atoms with Gasteiger partial charge in [0.05, 0.1) is 11.3 Å². The molecular formula is C12H15F2NO3. The van der Waals surface area contributed by atoms with E-state index in [9.17, 15) is 13.6 Å². The highest BCUT2D eigenvalue weighted by molar-refractivity contribution is 5.90. The van der Waals surface area contributed by atoms with Crippen molar-refractivity contribution in [2.45, 2.75) is 19.4 Å². The third kappa shape index (κ3) is 3.66. The lowest BCUT2D eigenvalue weighted by atomic mass is 10.2. The fraction of sp³-hybridized carbons (Fsp3) is 0.417. The van der Waals surface area contributed by atoms with Gasteiger partial charge in [-0.05, 0) is 13.0 Å². The first-order valence-electron chi connectivity index (χ1n) is 5.40. The maximum atomic E-state index is 13.4. The van der Waals surface area contributed by atoms with Crippen molar-refractivity contribution in [3.05, 3.63) is 29.3 Å². The molecular weight excluding hydrogens is 244 g/mol. The molecule has 18 heavy (non-hydrogen) atoms. The third-order valence-electron chi connectivity index (χ3n) is 2.34. The molecule has 0 aliphatic carbocycles. The number of halogens is 2. The maximum absolute atomic E-state index is 13.4. The fourth-order valence-electron chi connectivity index (χ4n) is 1.31. The fourth-order valence-corrected chi connectivity index (χ4v) is 1.31. The second-order valence-electron chi connectivity index (χ2n) is 3.85. The van der Waals surface area contributed by atoms with E-state index >= 15 is 0 Å². The molecule has 0 spiro atoms. The number of benzene rings is 1.